The summed E-state index contributed by atoms with van der Waals surface area (Å²) < 4.78 is 106. The lowest BCUT2D eigenvalue weighted by atomic mass is 9.89. The second-order valence-corrected chi connectivity index (χ2v) is 26.8. The van der Waals surface area contributed by atoms with Crippen molar-refractivity contribution >= 4 is 89.5 Å². The lowest BCUT2D eigenvalue weighted by Gasteiger charge is -2.37. The Morgan fingerprint density at radius 3 is 0.533 bits per heavy atom. The minimum Gasteiger partial charge on any atom is -0.461 e. The normalized spacial score (nSPS) is 11.0. The Morgan fingerprint density at radius 1 is 0.192 bits per heavy atom. The van der Waals surface area contributed by atoms with E-state index in [4.69, 9.17) is 85.3 Å². The fourth-order valence-electron chi connectivity index (χ4n) is 11.2. The highest BCUT2D eigenvalue weighted by Crippen LogP contribution is 2.35. The number of hydrogen-bond donors (Lipinski definition) is 0. The first-order chi connectivity index (χ1) is 57.4. The molecule has 628 valence electrons. The molecule has 33 heteroatoms. The fourth-order valence-corrected chi connectivity index (χ4v) is 11.2. The Kier molecular flexibility index (Phi) is 33.6. The number of benzene rings is 8. The number of carbonyl (C=O) groups excluding carboxylic acids is 15. The Morgan fingerprint density at radius 2 is 0.342 bits per heavy atom. The third-order valence-corrected chi connectivity index (χ3v) is 16.6. The molecule has 0 heterocycles. The van der Waals surface area contributed by atoms with Gasteiger partial charge in [0, 0.05) is 61.0 Å². The van der Waals surface area contributed by atoms with Gasteiger partial charge in [0.1, 0.15) is 131 Å². The van der Waals surface area contributed by atoms with Crippen LogP contribution in [0.25, 0.3) is 0 Å². The summed E-state index contributed by atoms with van der Waals surface area (Å²) in [7, 11) is 0. The molecule has 33 nitrogen and oxygen atoms in total. The molecule has 0 bridgehead atoms. The average molecular weight is 1660 g/mol. The zero-order valence-corrected chi connectivity index (χ0v) is 66.1. The Hall–Kier alpha value is -14.3. The predicted molar refractivity (Wildman–Crippen MR) is 413 cm³/mol. The van der Waals surface area contributed by atoms with E-state index in [0.717, 1.165) is 55.4 Å². The maximum absolute atomic E-state index is 14.9. The van der Waals surface area contributed by atoms with Crippen LogP contribution in [0.1, 0.15) is 133 Å². The molecule has 0 amide bonds. The molecule has 0 N–H and O–H groups in total. The van der Waals surface area contributed by atoms with E-state index < -0.39 is 192 Å². The van der Waals surface area contributed by atoms with Crippen molar-refractivity contribution in [2.45, 2.75) is 62.0 Å². The van der Waals surface area contributed by atoms with Crippen LogP contribution in [0.5, 0.6) is 46.0 Å². The zero-order valence-electron chi connectivity index (χ0n) is 66.1. The van der Waals surface area contributed by atoms with Crippen LogP contribution in [-0.2, 0) is 92.3 Å². The topological polar surface area (TPSA) is 422 Å². The summed E-state index contributed by atoms with van der Waals surface area (Å²) in [5.41, 5.74) is -8.60. The standard InChI is InChI=1S/C87H82O33/c1-54(88)113-70-33-17-9-25-62(70)41-103-42-85(47-106-78(96)63-26-10-18-34-71(63)114-55(2)89,43-104-45-86(48-107-79(97)64-27-11-19-35-72(64)115-56(3)90,49-108-80(98)65-28-12-20-36-73(65)116-57(4)91)50-109-81(99)66-29-13-21-37-74(66)117-58(5)92)44-105-46-87(51-110-82(100)67-30-14-22-38-75(67)118-59(6)93,52-111-83(101)68-31-15-23-39-76(68)119-60(7)94)53-112-84(102)69-32-16-24-40-77(69)120-61(8)95/h9-40H,41-53H2,1-8H3. The van der Waals surface area contributed by atoms with E-state index in [1.807, 2.05) is 0 Å². The van der Waals surface area contributed by atoms with Crippen molar-refractivity contribution < 1.29 is 157 Å². The van der Waals surface area contributed by atoms with E-state index >= 15 is 0 Å². The summed E-state index contributed by atoms with van der Waals surface area (Å²) in [4.78, 5) is 202. The second kappa shape index (κ2) is 44.1. The van der Waals surface area contributed by atoms with Gasteiger partial charge in [0.15, 0.2) is 0 Å². The molecule has 0 aromatic heterocycles. The minimum absolute atomic E-state index is 0.0198. The molecule has 0 aliphatic carbocycles. The monoisotopic (exact) mass is 1650 g/mol. The van der Waals surface area contributed by atoms with Crippen LogP contribution in [0.2, 0.25) is 0 Å². The van der Waals surface area contributed by atoms with Crippen molar-refractivity contribution in [3.05, 3.63) is 239 Å². The first-order valence-electron chi connectivity index (χ1n) is 36.5. The third-order valence-electron chi connectivity index (χ3n) is 16.6. The third kappa shape index (κ3) is 27.7. The van der Waals surface area contributed by atoms with Gasteiger partial charge in [-0.2, -0.15) is 0 Å². The van der Waals surface area contributed by atoms with Crippen LogP contribution in [0.4, 0.5) is 0 Å². The lowest BCUT2D eigenvalue weighted by Crippen LogP contribution is -2.48. The molecule has 8 rings (SSSR count). The maximum atomic E-state index is 14.9. The van der Waals surface area contributed by atoms with Gasteiger partial charge in [-0.3, -0.25) is 38.4 Å². The first-order valence-corrected chi connectivity index (χ1v) is 36.5. The Labute approximate surface area is 686 Å². The second-order valence-electron chi connectivity index (χ2n) is 26.8. The summed E-state index contributed by atoms with van der Waals surface area (Å²) in [6.45, 7) is -3.01. The van der Waals surface area contributed by atoms with Crippen LogP contribution < -0.4 is 37.9 Å². The van der Waals surface area contributed by atoms with Gasteiger partial charge in [0.05, 0.1) is 55.9 Å². The molecule has 8 aromatic carbocycles. The van der Waals surface area contributed by atoms with Crippen molar-refractivity contribution in [1.82, 2.24) is 0 Å². The molecule has 0 spiro atoms. The van der Waals surface area contributed by atoms with Gasteiger partial charge in [-0.15, -0.1) is 0 Å². The molecular weight excluding hydrogens is 1570 g/mol. The smallest absolute Gasteiger partial charge is 0.341 e. The van der Waals surface area contributed by atoms with Gasteiger partial charge in [-0.25, -0.2) is 33.6 Å². The largest absolute Gasteiger partial charge is 0.461 e. The number of esters is 15. The zero-order chi connectivity index (χ0) is 86.9. The SMILES string of the molecule is CC(=O)Oc1ccccc1COCC(COCC(COC(=O)c1ccccc1OC(C)=O)(COC(=O)c1ccccc1OC(C)=O)COC(=O)c1ccccc1OC(C)=O)(COCC(COC(=O)c1ccccc1OC(C)=O)(COC(=O)c1ccccc1OC(C)=O)COC(=O)c1ccccc1OC(C)=O)COC(=O)c1ccccc1OC(C)=O. The number of hydrogen-bond acceptors (Lipinski definition) is 33. The highest BCUT2D eigenvalue weighted by Gasteiger charge is 2.44. The van der Waals surface area contributed by atoms with Gasteiger partial charge in [-0.05, 0) is 91.0 Å². The van der Waals surface area contributed by atoms with Crippen LogP contribution >= 0.6 is 0 Å². The van der Waals surface area contributed by atoms with Gasteiger partial charge in [0.25, 0.3) is 0 Å². The van der Waals surface area contributed by atoms with Crippen molar-refractivity contribution in [2.75, 3.05) is 79.3 Å². The van der Waals surface area contributed by atoms with Gasteiger partial charge >= 0.3 is 89.5 Å². The van der Waals surface area contributed by atoms with Crippen LogP contribution in [0.15, 0.2) is 194 Å². The van der Waals surface area contributed by atoms with E-state index in [0.29, 0.717) is 0 Å². The predicted octanol–water partition coefficient (Wildman–Crippen LogP) is 10.6. The number of ether oxygens (including phenoxy) is 18. The first kappa shape index (κ1) is 91.2. The van der Waals surface area contributed by atoms with Gasteiger partial charge in [0.2, 0.25) is 0 Å². The molecule has 0 aliphatic rings. The molecule has 0 radical (unpaired) electrons. The van der Waals surface area contributed by atoms with Gasteiger partial charge in [-0.1, -0.05) is 103 Å². The van der Waals surface area contributed by atoms with Crippen molar-refractivity contribution in [1.29, 1.82) is 0 Å². The number of para-hydroxylation sites is 8. The summed E-state index contributed by atoms with van der Waals surface area (Å²) >= 11 is 0. The highest BCUT2D eigenvalue weighted by atomic mass is 16.6. The molecule has 0 atom stereocenters. The summed E-state index contributed by atoms with van der Waals surface area (Å²) in [5, 5.41) is 0. The average Bonchev–Trinajstić information content (AvgIpc) is 0.816. The maximum Gasteiger partial charge on any atom is 0.341 e. The molecular formula is C87H82O33. The number of carbonyl (C=O) groups is 15. The van der Waals surface area contributed by atoms with E-state index in [1.54, 1.807) is 12.1 Å². The van der Waals surface area contributed by atoms with Crippen molar-refractivity contribution in [3.8, 4) is 46.0 Å². The fraction of sp³-hybridized carbons (Fsp3) is 0.276. The van der Waals surface area contributed by atoms with Crippen molar-refractivity contribution in [3.63, 3.8) is 0 Å². The van der Waals surface area contributed by atoms with Crippen LogP contribution in [0, 0.1) is 16.2 Å². The molecule has 0 saturated heterocycles. The van der Waals surface area contributed by atoms with Gasteiger partial charge < -0.3 is 85.3 Å². The molecule has 0 unspecified atom stereocenters. The molecule has 0 fully saturated rings. The highest BCUT2D eigenvalue weighted by molar-refractivity contribution is 5.98. The van der Waals surface area contributed by atoms with E-state index in [1.165, 1.54) is 182 Å². The van der Waals surface area contributed by atoms with E-state index in [9.17, 15) is 71.9 Å². The Balaban J connectivity index is 1.33. The Bertz CT molecular complexity index is 4490. The minimum atomic E-state index is -2.22. The summed E-state index contributed by atoms with van der Waals surface area (Å²) in [6.07, 6.45) is 0. The van der Waals surface area contributed by atoms with E-state index in [2.05, 4.69) is 0 Å². The summed E-state index contributed by atoms with van der Waals surface area (Å²) in [5.74, 6) is -16.9. The molecule has 8 aromatic rings. The lowest BCUT2D eigenvalue weighted by molar-refractivity contribution is -0.139. The molecule has 0 saturated carbocycles. The number of rotatable bonds is 41. The molecule has 120 heavy (non-hydrogen) atoms. The van der Waals surface area contributed by atoms with Crippen LogP contribution in [-0.4, -0.2) is 169 Å². The van der Waals surface area contributed by atoms with Crippen LogP contribution in [0.3, 0.4) is 0 Å². The molecule has 0 aliphatic heterocycles. The quantitative estimate of drug-likeness (QED) is 0.0195. The summed E-state index contributed by atoms with van der Waals surface area (Å²) in [6, 6.07) is 43.8. The van der Waals surface area contributed by atoms with Crippen molar-refractivity contribution in [2.24, 2.45) is 16.2 Å². The van der Waals surface area contributed by atoms with E-state index in [-0.39, 0.29) is 90.5 Å².